The molecule has 138 valence electrons. The van der Waals surface area contributed by atoms with Crippen LogP contribution in [0.25, 0.3) is 0 Å². The normalized spacial score (nSPS) is 33.4. The number of ketones is 1. The fraction of sp³-hybridized carbons (Fsp3) is 0.789. The number of hydrogen-bond donors (Lipinski definition) is 2. The van der Waals surface area contributed by atoms with Crippen LogP contribution >= 0.6 is 0 Å². The van der Waals surface area contributed by atoms with E-state index in [4.69, 9.17) is 10.5 Å². The van der Waals surface area contributed by atoms with Crippen LogP contribution in [0.15, 0.2) is 11.8 Å². The molecule has 0 aromatic heterocycles. The Labute approximate surface area is 145 Å². The first-order chi connectivity index (χ1) is 11.1. The maximum Gasteiger partial charge on any atom is 0.308 e. The molecular weight excluding hydrogens is 306 g/mol. The van der Waals surface area contributed by atoms with Gasteiger partial charge in [0.25, 0.3) is 0 Å². The van der Waals surface area contributed by atoms with Crippen molar-refractivity contribution in [1.29, 1.82) is 0 Å². The number of rotatable bonds is 0. The molecule has 1 rings (SSSR count). The molecule has 1 aliphatic rings. The standard InChI is InChI=1S/C19H33NO4/c1-13-7-5-8-15(20)9-6-10-24-17(22)12-16(21)19(3,4)18(23)14(2)11-13/h9,13-14,16,21H,5-8,10-12,20H2,1-4H3/b15-9+/t13-,14?,16?/m1/s1. The number of carbonyl (C=O) groups excluding carboxylic acids is 2. The molecule has 0 aromatic carbocycles. The molecule has 0 bridgehead atoms. The van der Waals surface area contributed by atoms with Gasteiger partial charge in [0.15, 0.2) is 0 Å². The Balaban J connectivity index is 2.86. The first-order valence-electron chi connectivity index (χ1n) is 8.97. The maximum atomic E-state index is 12.7. The number of Topliss-reactive ketones (excluding diaryl/α,β-unsaturated/α-hetero) is 1. The number of allylic oxidation sites excluding steroid dienone is 1. The Bertz CT molecular complexity index is 470. The second-order valence-corrected chi connectivity index (χ2v) is 7.73. The summed E-state index contributed by atoms with van der Waals surface area (Å²) in [5.74, 6) is -0.214. The number of nitrogens with two attached hydrogens (primary N) is 1. The van der Waals surface area contributed by atoms with Crippen LogP contribution in [-0.2, 0) is 14.3 Å². The van der Waals surface area contributed by atoms with Crippen LogP contribution in [0.4, 0.5) is 0 Å². The summed E-state index contributed by atoms with van der Waals surface area (Å²) < 4.78 is 5.12. The lowest BCUT2D eigenvalue weighted by Crippen LogP contribution is -2.42. The minimum absolute atomic E-state index is 0.00107. The number of aliphatic hydroxyl groups excluding tert-OH is 1. The van der Waals surface area contributed by atoms with E-state index in [0.29, 0.717) is 12.3 Å². The summed E-state index contributed by atoms with van der Waals surface area (Å²) >= 11 is 0. The highest BCUT2D eigenvalue weighted by Gasteiger charge is 2.39. The van der Waals surface area contributed by atoms with Gasteiger partial charge in [-0.25, -0.2) is 0 Å². The van der Waals surface area contributed by atoms with Crippen molar-refractivity contribution >= 4 is 11.8 Å². The topological polar surface area (TPSA) is 89.6 Å². The molecule has 1 heterocycles. The molecule has 5 heteroatoms. The van der Waals surface area contributed by atoms with Gasteiger partial charge in [-0.2, -0.15) is 0 Å². The zero-order chi connectivity index (χ0) is 18.3. The van der Waals surface area contributed by atoms with Gasteiger partial charge in [-0.1, -0.05) is 40.2 Å². The number of carbonyl (C=O) groups is 2. The van der Waals surface area contributed by atoms with E-state index in [1.165, 1.54) is 0 Å². The third-order valence-corrected chi connectivity index (χ3v) is 4.98. The minimum Gasteiger partial charge on any atom is -0.465 e. The van der Waals surface area contributed by atoms with E-state index in [9.17, 15) is 14.7 Å². The molecule has 0 aromatic rings. The van der Waals surface area contributed by atoms with Crippen molar-refractivity contribution in [2.45, 2.75) is 72.3 Å². The van der Waals surface area contributed by atoms with Crippen molar-refractivity contribution in [3.05, 3.63) is 11.8 Å². The number of cyclic esters (lactones) is 1. The van der Waals surface area contributed by atoms with E-state index in [2.05, 4.69) is 6.92 Å². The third-order valence-electron chi connectivity index (χ3n) is 4.98. The van der Waals surface area contributed by atoms with E-state index in [1.54, 1.807) is 13.8 Å². The van der Waals surface area contributed by atoms with E-state index >= 15 is 0 Å². The highest BCUT2D eigenvalue weighted by molar-refractivity contribution is 5.87. The monoisotopic (exact) mass is 339 g/mol. The SMILES string of the molecule is CC1C[C@H](C)CCC/C(N)=C\CCOC(=O)CC(O)C(C)(C)C1=O. The predicted octanol–water partition coefficient (Wildman–Crippen LogP) is 2.95. The zero-order valence-corrected chi connectivity index (χ0v) is 15.5. The molecule has 0 aliphatic carbocycles. The first-order valence-corrected chi connectivity index (χ1v) is 8.97. The summed E-state index contributed by atoms with van der Waals surface area (Å²) in [6, 6.07) is 0. The second kappa shape index (κ2) is 9.21. The molecular formula is C19H33NO4. The predicted molar refractivity (Wildman–Crippen MR) is 94.1 cm³/mol. The van der Waals surface area contributed by atoms with Crippen LogP contribution < -0.4 is 5.73 Å². The number of ether oxygens (including phenoxy) is 1. The maximum absolute atomic E-state index is 12.7. The molecule has 1 aliphatic heterocycles. The second-order valence-electron chi connectivity index (χ2n) is 7.73. The van der Waals surface area contributed by atoms with Gasteiger partial charge in [0.05, 0.1) is 24.5 Å². The average Bonchev–Trinajstić information content (AvgIpc) is 2.49. The van der Waals surface area contributed by atoms with Crippen molar-refractivity contribution in [3.8, 4) is 0 Å². The molecule has 24 heavy (non-hydrogen) atoms. The lowest BCUT2D eigenvalue weighted by atomic mass is 9.74. The number of hydrogen-bond acceptors (Lipinski definition) is 5. The molecule has 0 radical (unpaired) electrons. The van der Waals surface area contributed by atoms with E-state index < -0.39 is 17.5 Å². The van der Waals surface area contributed by atoms with Crippen molar-refractivity contribution in [2.75, 3.05) is 6.61 Å². The largest absolute Gasteiger partial charge is 0.465 e. The van der Waals surface area contributed by atoms with Crippen molar-refractivity contribution in [1.82, 2.24) is 0 Å². The fourth-order valence-corrected chi connectivity index (χ4v) is 3.27. The molecule has 0 fully saturated rings. The fourth-order valence-electron chi connectivity index (χ4n) is 3.27. The van der Waals surface area contributed by atoms with Gasteiger partial charge in [-0.15, -0.1) is 0 Å². The van der Waals surface area contributed by atoms with Crippen LogP contribution in [0.3, 0.4) is 0 Å². The van der Waals surface area contributed by atoms with Gasteiger partial charge in [-0.3, -0.25) is 9.59 Å². The number of esters is 1. The van der Waals surface area contributed by atoms with Crippen molar-refractivity contribution in [3.63, 3.8) is 0 Å². The molecule has 3 N–H and O–H groups in total. The first kappa shape index (κ1) is 20.7. The average molecular weight is 339 g/mol. The molecule has 0 spiro atoms. The Kier molecular flexibility index (Phi) is 7.94. The smallest absolute Gasteiger partial charge is 0.308 e. The molecule has 0 amide bonds. The molecule has 2 unspecified atom stereocenters. The van der Waals surface area contributed by atoms with E-state index in [0.717, 1.165) is 31.4 Å². The summed E-state index contributed by atoms with van der Waals surface area (Å²) in [6.07, 6.45) is 4.87. The Hall–Kier alpha value is -1.36. The Morgan fingerprint density at radius 2 is 1.96 bits per heavy atom. The van der Waals surface area contributed by atoms with Gasteiger partial charge in [0, 0.05) is 18.0 Å². The Morgan fingerprint density at radius 1 is 1.29 bits per heavy atom. The summed E-state index contributed by atoms with van der Waals surface area (Å²) in [5, 5.41) is 10.4. The van der Waals surface area contributed by atoms with Gasteiger partial charge < -0.3 is 15.6 Å². The quantitative estimate of drug-likeness (QED) is 0.662. The number of aliphatic hydroxyl groups is 1. The van der Waals surface area contributed by atoms with Gasteiger partial charge in [-0.05, 0) is 25.2 Å². The van der Waals surface area contributed by atoms with E-state index in [-0.39, 0.29) is 24.7 Å². The summed E-state index contributed by atoms with van der Waals surface area (Å²) in [5.41, 5.74) is 5.81. The lowest BCUT2D eigenvalue weighted by Gasteiger charge is -2.32. The van der Waals surface area contributed by atoms with Gasteiger partial charge >= 0.3 is 5.97 Å². The molecule has 0 saturated carbocycles. The van der Waals surface area contributed by atoms with Gasteiger partial charge in [0.1, 0.15) is 5.78 Å². The molecule has 5 nitrogen and oxygen atoms in total. The summed E-state index contributed by atoms with van der Waals surface area (Å²) in [7, 11) is 0. The van der Waals surface area contributed by atoms with Gasteiger partial charge in [0.2, 0.25) is 0 Å². The lowest BCUT2D eigenvalue weighted by molar-refractivity contribution is -0.150. The van der Waals surface area contributed by atoms with Crippen molar-refractivity contribution < 1.29 is 19.4 Å². The molecule has 0 saturated heterocycles. The van der Waals surface area contributed by atoms with E-state index in [1.807, 2.05) is 13.0 Å². The van der Waals surface area contributed by atoms with Crippen LogP contribution in [0, 0.1) is 17.3 Å². The summed E-state index contributed by atoms with van der Waals surface area (Å²) in [4.78, 5) is 24.6. The zero-order valence-electron chi connectivity index (χ0n) is 15.5. The highest BCUT2D eigenvalue weighted by atomic mass is 16.5. The summed E-state index contributed by atoms with van der Waals surface area (Å²) in [6.45, 7) is 7.71. The third kappa shape index (κ3) is 6.27. The van der Waals surface area contributed by atoms with Crippen LogP contribution in [0.5, 0.6) is 0 Å². The Morgan fingerprint density at radius 3 is 2.62 bits per heavy atom. The van der Waals surface area contributed by atoms with Crippen LogP contribution in [-0.4, -0.2) is 29.6 Å². The van der Waals surface area contributed by atoms with Crippen molar-refractivity contribution in [2.24, 2.45) is 23.0 Å². The van der Waals surface area contributed by atoms with Crippen LogP contribution in [0.2, 0.25) is 0 Å². The molecule has 3 atom stereocenters. The van der Waals surface area contributed by atoms with Crippen LogP contribution in [0.1, 0.15) is 66.2 Å². The highest BCUT2D eigenvalue weighted by Crippen LogP contribution is 2.31. The minimum atomic E-state index is -1.04.